The van der Waals surface area contributed by atoms with Gasteiger partial charge in [-0.05, 0) is 44.0 Å². The van der Waals surface area contributed by atoms with E-state index in [0.29, 0.717) is 11.5 Å². The third kappa shape index (κ3) is 3.66. The predicted octanol–water partition coefficient (Wildman–Crippen LogP) is 2.17. The van der Waals surface area contributed by atoms with Crippen molar-refractivity contribution in [3.05, 3.63) is 35.4 Å². The summed E-state index contributed by atoms with van der Waals surface area (Å²) in [5.74, 6) is -0.274. The van der Waals surface area contributed by atoms with Gasteiger partial charge in [-0.15, -0.1) is 0 Å². The maximum absolute atomic E-state index is 11.0. The van der Waals surface area contributed by atoms with Crippen LogP contribution in [0, 0.1) is 5.92 Å². The van der Waals surface area contributed by atoms with Crippen molar-refractivity contribution in [1.82, 2.24) is 5.32 Å². The molecule has 3 nitrogen and oxygen atoms in total. The highest BCUT2D eigenvalue weighted by Crippen LogP contribution is 2.14. The molecular formula is C13H19NO2. The highest BCUT2D eigenvalue weighted by molar-refractivity contribution is 5.89. The molecule has 0 aliphatic heterocycles. The molecule has 0 heterocycles. The second-order valence-corrected chi connectivity index (χ2v) is 4.16. The number of aromatic carboxylic acids is 1. The number of rotatable bonds is 6. The molecule has 0 saturated heterocycles. The molecule has 1 rings (SSSR count). The molecule has 0 amide bonds. The molecule has 0 aliphatic rings. The average Bonchev–Trinajstić information content (AvgIpc) is 2.27. The quantitative estimate of drug-likeness (QED) is 0.774. The summed E-state index contributed by atoms with van der Waals surface area (Å²) >= 11 is 0. The summed E-state index contributed by atoms with van der Waals surface area (Å²) in [7, 11) is 1.93. The summed E-state index contributed by atoms with van der Waals surface area (Å²) in [5.41, 5.74) is 1.36. The average molecular weight is 221 g/mol. The third-order valence-electron chi connectivity index (χ3n) is 2.71. The van der Waals surface area contributed by atoms with E-state index in [1.807, 2.05) is 19.2 Å². The first kappa shape index (κ1) is 12.7. The minimum absolute atomic E-state index is 0.430. The molecule has 88 valence electrons. The van der Waals surface area contributed by atoms with E-state index >= 15 is 0 Å². The number of aryl methyl sites for hydroxylation is 1. The van der Waals surface area contributed by atoms with Crippen LogP contribution in [-0.2, 0) is 6.42 Å². The van der Waals surface area contributed by atoms with Gasteiger partial charge in [-0.2, -0.15) is 0 Å². The Kier molecular flexibility index (Phi) is 4.99. The first-order chi connectivity index (χ1) is 7.65. The predicted molar refractivity (Wildman–Crippen MR) is 64.8 cm³/mol. The SMILES string of the molecule is CNCC(C)CCc1ccccc1C(=O)O. The molecule has 2 N–H and O–H groups in total. The van der Waals surface area contributed by atoms with Gasteiger partial charge in [-0.1, -0.05) is 25.1 Å². The number of carbonyl (C=O) groups is 1. The van der Waals surface area contributed by atoms with Crippen molar-refractivity contribution >= 4 is 5.97 Å². The molecule has 0 fully saturated rings. The van der Waals surface area contributed by atoms with Crippen LogP contribution in [-0.4, -0.2) is 24.7 Å². The summed E-state index contributed by atoms with van der Waals surface area (Å²) in [4.78, 5) is 11.0. The zero-order chi connectivity index (χ0) is 12.0. The lowest BCUT2D eigenvalue weighted by molar-refractivity contribution is 0.0695. The molecule has 0 aromatic heterocycles. The number of nitrogens with one attached hydrogen (secondary N) is 1. The standard InChI is InChI=1S/C13H19NO2/c1-10(9-14-2)7-8-11-5-3-4-6-12(11)13(15)16/h3-6,10,14H,7-9H2,1-2H3,(H,15,16). The van der Waals surface area contributed by atoms with E-state index in [2.05, 4.69) is 12.2 Å². The zero-order valence-corrected chi connectivity index (χ0v) is 9.86. The smallest absolute Gasteiger partial charge is 0.335 e. The summed E-state index contributed by atoms with van der Waals surface area (Å²) in [6, 6.07) is 7.23. The van der Waals surface area contributed by atoms with Gasteiger partial charge >= 0.3 is 5.97 Å². The van der Waals surface area contributed by atoms with E-state index in [1.54, 1.807) is 12.1 Å². The van der Waals surface area contributed by atoms with Crippen molar-refractivity contribution in [2.24, 2.45) is 5.92 Å². The molecule has 0 aliphatic carbocycles. The topological polar surface area (TPSA) is 49.3 Å². The van der Waals surface area contributed by atoms with Crippen LogP contribution >= 0.6 is 0 Å². The molecule has 0 saturated carbocycles. The monoisotopic (exact) mass is 221 g/mol. The Hall–Kier alpha value is -1.35. The molecule has 16 heavy (non-hydrogen) atoms. The molecule has 1 aromatic rings. The van der Waals surface area contributed by atoms with Crippen molar-refractivity contribution in [3.8, 4) is 0 Å². The van der Waals surface area contributed by atoms with Crippen molar-refractivity contribution < 1.29 is 9.90 Å². The molecular weight excluding hydrogens is 202 g/mol. The Labute approximate surface area is 96.5 Å². The van der Waals surface area contributed by atoms with E-state index in [1.165, 1.54) is 0 Å². The maximum atomic E-state index is 11.0. The Balaban J connectivity index is 2.63. The van der Waals surface area contributed by atoms with E-state index < -0.39 is 5.97 Å². The zero-order valence-electron chi connectivity index (χ0n) is 9.86. The van der Waals surface area contributed by atoms with Gasteiger partial charge in [0.25, 0.3) is 0 Å². The van der Waals surface area contributed by atoms with Crippen LogP contribution in [0.4, 0.5) is 0 Å². The number of hydrogen-bond donors (Lipinski definition) is 2. The third-order valence-corrected chi connectivity index (χ3v) is 2.71. The number of carboxylic acid groups (broad SMARTS) is 1. The summed E-state index contributed by atoms with van der Waals surface area (Å²) in [6.07, 6.45) is 1.83. The van der Waals surface area contributed by atoms with Gasteiger partial charge < -0.3 is 10.4 Å². The summed E-state index contributed by atoms with van der Waals surface area (Å²) < 4.78 is 0. The van der Waals surface area contributed by atoms with Gasteiger partial charge in [0.05, 0.1) is 5.56 Å². The lowest BCUT2D eigenvalue weighted by atomic mass is 9.97. The Morgan fingerprint density at radius 1 is 1.44 bits per heavy atom. The summed E-state index contributed by atoms with van der Waals surface area (Å²) in [5, 5.41) is 12.1. The van der Waals surface area contributed by atoms with E-state index in [9.17, 15) is 4.79 Å². The Morgan fingerprint density at radius 3 is 2.75 bits per heavy atom. The molecule has 1 aromatic carbocycles. The second kappa shape index (κ2) is 6.28. The van der Waals surface area contributed by atoms with Gasteiger partial charge in [-0.25, -0.2) is 4.79 Å². The van der Waals surface area contributed by atoms with Gasteiger partial charge in [-0.3, -0.25) is 0 Å². The fraction of sp³-hybridized carbons (Fsp3) is 0.462. The van der Waals surface area contributed by atoms with Crippen LogP contribution in [0.2, 0.25) is 0 Å². The maximum Gasteiger partial charge on any atom is 0.335 e. The van der Waals surface area contributed by atoms with Crippen LogP contribution in [0.25, 0.3) is 0 Å². The van der Waals surface area contributed by atoms with Crippen LogP contribution in [0.3, 0.4) is 0 Å². The highest BCUT2D eigenvalue weighted by Gasteiger charge is 2.09. The second-order valence-electron chi connectivity index (χ2n) is 4.16. The molecule has 3 heteroatoms. The largest absolute Gasteiger partial charge is 0.478 e. The Bertz CT molecular complexity index is 350. The van der Waals surface area contributed by atoms with Crippen molar-refractivity contribution in [2.45, 2.75) is 19.8 Å². The van der Waals surface area contributed by atoms with Crippen molar-refractivity contribution in [3.63, 3.8) is 0 Å². The molecule has 0 radical (unpaired) electrons. The molecule has 0 spiro atoms. The molecule has 0 bridgehead atoms. The van der Waals surface area contributed by atoms with Gasteiger partial charge in [0.2, 0.25) is 0 Å². The van der Waals surface area contributed by atoms with E-state index in [4.69, 9.17) is 5.11 Å². The fourth-order valence-electron chi connectivity index (χ4n) is 1.80. The Morgan fingerprint density at radius 2 is 2.12 bits per heavy atom. The van der Waals surface area contributed by atoms with Crippen LogP contribution in [0.5, 0.6) is 0 Å². The normalized spacial score (nSPS) is 12.4. The number of benzene rings is 1. The van der Waals surface area contributed by atoms with Gasteiger partial charge in [0.15, 0.2) is 0 Å². The first-order valence-corrected chi connectivity index (χ1v) is 5.61. The number of carboxylic acids is 1. The minimum atomic E-state index is -0.836. The van der Waals surface area contributed by atoms with Gasteiger partial charge in [0, 0.05) is 0 Å². The lowest BCUT2D eigenvalue weighted by Gasteiger charge is -2.11. The van der Waals surface area contributed by atoms with Crippen LogP contribution in [0.15, 0.2) is 24.3 Å². The van der Waals surface area contributed by atoms with E-state index in [0.717, 1.165) is 24.9 Å². The number of hydrogen-bond acceptors (Lipinski definition) is 2. The highest BCUT2D eigenvalue weighted by atomic mass is 16.4. The molecule has 1 unspecified atom stereocenters. The van der Waals surface area contributed by atoms with Gasteiger partial charge in [0.1, 0.15) is 0 Å². The summed E-state index contributed by atoms with van der Waals surface area (Å²) in [6.45, 7) is 3.13. The lowest BCUT2D eigenvalue weighted by Crippen LogP contribution is -2.17. The minimum Gasteiger partial charge on any atom is -0.478 e. The van der Waals surface area contributed by atoms with E-state index in [-0.39, 0.29) is 0 Å². The van der Waals surface area contributed by atoms with Crippen LogP contribution < -0.4 is 5.32 Å². The fourth-order valence-corrected chi connectivity index (χ4v) is 1.80. The van der Waals surface area contributed by atoms with Crippen molar-refractivity contribution in [2.75, 3.05) is 13.6 Å². The van der Waals surface area contributed by atoms with Crippen LogP contribution in [0.1, 0.15) is 29.3 Å². The first-order valence-electron chi connectivity index (χ1n) is 5.61. The molecule has 1 atom stereocenters. The van der Waals surface area contributed by atoms with Crippen molar-refractivity contribution in [1.29, 1.82) is 0 Å².